The summed E-state index contributed by atoms with van der Waals surface area (Å²) in [5.74, 6) is 0.0997. The maximum Gasteiger partial charge on any atom is 0.410 e. The minimum atomic E-state index is -0.304. The molecule has 2 amide bonds. The molecular weight excluding hydrogens is 302 g/mol. The van der Waals surface area contributed by atoms with E-state index in [1.165, 1.54) is 0 Å². The highest BCUT2D eigenvalue weighted by Gasteiger charge is 2.48. The summed E-state index contributed by atoms with van der Waals surface area (Å²) >= 11 is 1.59. The van der Waals surface area contributed by atoms with E-state index in [0.29, 0.717) is 19.5 Å². The first-order valence-corrected chi connectivity index (χ1v) is 8.51. The second kappa shape index (κ2) is 5.87. The third kappa shape index (κ3) is 2.82. The van der Waals surface area contributed by atoms with Gasteiger partial charge in [-0.25, -0.2) is 9.78 Å². The Morgan fingerprint density at radius 2 is 2.27 bits per heavy atom. The Morgan fingerprint density at radius 3 is 2.91 bits per heavy atom. The fourth-order valence-corrected chi connectivity index (χ4v) is 3.89. The van der Waals surface area contributed by atoms with Gasteiger partial charge in [0.2, 0.25) is 5.91 Å². The van der Waals surface area contributed by atoms with Gasteiger partial charge in [0.25, 0.3) is 0 Å². The molecule has 3 rings (SSSR count). The van der Waals surface area contributed by atoms with E-state index in [1.54, 1.807) is 16.2 Å². The minimum Gasteiger partial charge on any atom is -0.447 e. The first-order chi connectivity index (χ1) is 10.5. The van der Waals surface area contributed by atoms with E-state index >= 15 is 0 Å². The number of thiazole rings is 1. The molecule has 0 radical (unpaired) electrons. The van der Waals surface area contributed by atoms with Crippen molar-refractivity contribution in [3.05, 3.63) is 16.1 Å². The lowest BCUT2D eigenvalue weighted by atomic mass is 10.1. The van der Waals surface area contributed by atoms with Crippen LogP contribution in [0.25, 0.3) is 0 Å². The molecule has 0 spiro atoms. The molecule has 0 aromatic carbocycles. The zero-order valence-corrected chi connectivity index (χ0v) is 13.9. The van der Waals surface area contributed by atoms with Crippen LogP contribution in [0.15, 0.2) is 5.38 Å². The summed E-state index contributed by atoms with van der Waals surface area (Å²) in [7, 11) is 0. The van der Waals surface area contributed by atoms with Gasteiger partial charge >= 0.3 is 6.09 Å². The summed E-state index contributed by atoms with van der Waals surface area (Å²) in [5.41, 5.74) is 0.930. The number of aryl methyl sites for hydroxylation is 1. The highest BCUT2D eigenvalue weighted by atomic mass is 32.1. The van der Waals surface area contributed by atoms with Gasteiger partial charge in [0, 0.05) is 18.3 Å². The van der Waals surface area contributed by atoms with Crippen molar-refractivity contribution in [1.82, 2.24) is 14.8 Å². The molecule has 2 aliphatic heterocycles. The van der Waals surface area contributed by atoms with Crippen molar-refractivity contribution in [1.29, 1.82) is 0 Å². The number of aromatic nitrogens is 1. The van der Waals surface area contributed by atoms with Crippen LogP contribution in [-0.2, 0) is 16.1 Å². The van der Waals surface area contributed by atoms with Gasteiger partial charge in [0.15, 0.2) is 0 Å². The molecule has 120 valence electrons. The number of fused-ring (bicyclic) bond motifs is 1. The molecular formula is C15H21N3O3S. The zero-order chi connectivity index (χ0) is 15.9. The van der Waals surface area contributed by atoms with Crippen molar-refractivity contribution in [3.8, 4) is 0 Å². The highest BCUT2D eigenvalue weighted by Crippen LogP contribution is 2.34. The maximum absolute atomic E-state index is 12.3. The Kier molecular flexibility index (Phi) is 4.08. The van der Waals surface area contributed by atoms with E-state index in [2.05, 4.69) is 4.98 Å². The predicted octanol–water partition coefficient (Wildman–Crippen LogP) is 2.17. The Balaban J connectivity index is 1.70. The molecule has 2 fully saturated rings. The van der Waals surface area contributed by atoms with Crippen LogP contribution in [0.5, 0.6) is 0 Å². The number of rotatable bonds is 3. The summed E-state index contributed by atoms with van der Waals surface area (Å²) in [6, 6.07) is 0.0349. The van der Waals surface area contributed by atoms with Crippen LogP contribution in [0.2, 0.25) is 0 Å². The number of carbonyl (C=O) groups excluding carboxylic acids is 2. The number of likely N-dealkylation sites (tertiary alicyclic amines) is 2. The van der Waals surface area contributed by atoms with E-state index < -0.39 is 0 Å². The van der Waals surface area contributed by atoms with Gasteiger partial charge in [-0.15, -0.1) is 11.3 Å². The molecule has 0 N–H and O–H groups in total. The third-order valence-corrected chi connectivity index (χ3v) is 5.01. The molecule has 0 saturated carbocycles. The van der Waals surface area contributed by atoms with Gasteiger partial charge in [-0.05, 0) is 27.2 Å². The van der Waals surface area contributed by atoms with Gasteiger partial charge in [-0.3, -0.25) is 4.79 Å². The van der Waals surface area contributed by atoms with Crippen LogP contribution in [-0.4, -0.2) is 51.5 Å². The SMILES string of the molecule is Cc1nc(CN2C(=O)C[C@H]3[C@@H]2CCN3C(=O)OC(C)C)cs1. The monoisotopic (exact) mass is 323 g/mol. The lowest BCUT2D eigenvalue weighted by Gasteiger charge is -2.25. The number of carbonyl (C=O) groups is 2. The molecule has 6 nitrogen and oxygen atoms in total. The van der Waals surface area contributed by atoms with Crippen molar-refractivity contribution in [3.63, 3.8) is 0 Å². The Hall–Kier alpha value is -1.63. The van der Waals surface area contributed by atoms with Gasteiger partial charge in [0.1, 0.15) is 0 Å². The molecule has 22 heavy (non-hydrogen) atoms. The molecule has 0 bridgehead atoms. The molecule has 1 aromatic rings. The van der Waals surface area contributed by atoms with Crippen molar-refractivity contribution < 1.29 is 14.3 Å². The van der Waals surface area contributed by atoms with Crippen LogP contribution < -0.4 is 0 Å². The summed E-state index contributed by atoms with van der Waals surface area (Å²) in [6.07, 6.45) is 0.757. The number of hydrogen-bond donors (Lipinski definition) is 0. The molecule has 0 unspecified atom stereocenters. The van der Waals surface area contributed by atoms with Gasteiger partial charge in [-0.2, -0.15) is 0 Å². The quantitative estimate of drug-likeness (QED) is 0.855. The van der Waals surface area contributed by atoms with E-state index in [9.17, 15) is 9.59 Å². The molecule has 3 heterocycles. The third-order valence-electron chi connectivity index (χ3n) is 4.18. The van der Waals surface area contributed by atoms with Crippen LogP contribution >= 0.6 is 11.3 Å². The Morgan fingerprint density at radius 1 is 1.50 bits per heavy atom. The second-order valence-electron chi connectivity index (χ2n) is 6.13. The fourth-order valence-electron chi connectivity index (χ4n) is 3.29. The number of amides is 2. The van der Waals surface area contributed by atoms with Crippen molar-refractivity contribution in [2.24, 2.45) is 0 Å². The second-order valence-corrected chi connectivity index (χ2v) is 7.20. The smallest absolute Gasteiger partial charge is 0.410 e. The van der Waals surface area contributed by atoms with Crippen LogP contribution in [0, 0.1) is 6.92 Å². The molecule has 2 aliphatic rings. The maximum atomic E-state index is 12.3. The van der Waals surface area contributed by atoms with Crippen LogP contribution in [0.3, 0.4) is 0 Å². The molecule has 2 atom stereocenters. The highest BCUT2D eigenvalue weighted by molar-refractivity contribution is 7.09. The van der Waals surface area contributed by atoms with Crippen molar-refractivity contribution >= 4 is 23.3 Å². The van der Waals surface area contributed by atoms with Gasteiger partial charge in [0.05, 0.1) is 35.4 Å². The van der Waals surface area contributed by atoms with Crippen molar-refractivity contribution in [2.75, 3.05) is 6.54 Å². The normalized spacial score (nSPS) is 24.3. The summed E-state index contributed by atoms with van der Waals surface area (Å²) in [5, 5.41) is 3.00. The first kappa shape index (κ1) is 15.3. The van der Waals surface area contributed by atoms with Crippen molar-refractivity contribution in [2.45, 2.75) is 58.3 Å². The summed E-state index contributed by atoms with van der Waals surface area (Å²) in [4.78, 5) is 32.5. The molecule has 0 aliphatic carbocycles. The standard InChI is InChI=1S/C15H21N3O3S/c1-9(2)21-15(20)17-5-4-12-13(17)6-14(19)18(12)7-11-8-22-10(3)16-11/h8-9,12-13H,4-7H2,1-3H3/t12-,13-/m0/s1. The lowest BCUT2D eigenvalue weighted by molar-refractivity contribution is -0.129. The summed E-state index contributed by atoms with van der Waals surface area (Å²) < 4.78 is 5.28. The molecule has 1 aromatic heterocycles. The number of hydrogen-bond acceptors (Lipinski definition) is 5. The minimum absolute atomic E-state index is 0.0570. The van der Waals surface area contributed by atoms with E-state index in [0.717, 1.165) is 17.1 Å². The Bertz CT molecular complexity index is 586. The average Bonchev–Trinajstić information content (AvgIpc) is 3.08. The first-order valence-electron chi connectivity index (χ1n) is 7.63. The van der Waals surface area contributed by atoms with Crippen LogP contribution in [0.1, 0.15) is 37.4 Å². The fraction of sp³-hybridized carbons (Fsp3) is 0.667. The van der Waals surface area contributed by atoms with E-state index in [-0.39, 0.29) is 30.2 Å². The van der Waals surface area contributed by atoms with E-state index in [1.807, 2.05) is 31.1 Å². The van der Waals surface area contributed by atoms with Gasteiger partial charge in [-0.1, -0.05) is 0 Å². The topological polar surface area (TPSA) is 62.7 Å². The zero-order valence-electron chi connectivity index (χ0n) is 13.1. The van der Waals surface area contributed by atoms with Gasteiger partial charge < -0.3 is 14.5 Å². The average molecular weight is 323 g/mol. The Labute approximate surface area is 134 Å². The van der Waals surface area contributed by atoms with E-state index in [4.69, 9.17) is 4.74 Å². The molecule has 7 heteroatoms. The van der Waals surface area contributed by atoms with Crippen LogP contribution in [0.4, 0.5) is 4.79 Å². The summed E-state index contributed by atoms with van der Waals surface area (Å²) in [6.45, 7) is 6.82. The predicted molar refractivity (Wildman–Crippen MR) is 82.5 cm³/mol. The molecule has 2 saturated heterocycles. The number of ether oxygens (including phenoxy) is 1. The lowest BCUT2D eigenvalue weighted by Crippen LogP contribution is -2.40. The number of nitrogens with zero attached hydrogens (tertiary/aromatic N) is 3. The largest absolute Gasteiger partial charge is 0.447 e.